The third-order valence-corrected chi connectivity index (χ3v) is 5.27. The molecule has 1 aromatic rings. The van der Waals surface area contributed by atoms with Crippen LogP contribution in [0.1, 0.15) is 36.8 Å². The fourth-order valence-corrected chi connectivity index (χ4v) is 3.72. The number of nitrogens with one attached hydrogen (secondary N) is 1. The summed E-state index contributed by atoms with van der Waals surface area (Å²) in [6, 6.07) is 6.97. The van der Waals surface area contributed by atoms with Gasteiger partial charge in [0.25, 0.3) is 0 Å². The Morgan fingerprint density at radius 1 is 1.30 bits per heavy atom. The number of nitrogens with zero attached hydrogens (tertiary/aromatic N) is 1. The highest BCUT2D eigenvalue weighted by atomic mass is 16.5. The zero-order valence-electron chi connectivity index (χ0n) is 13.7. The monoisotopic (exact) mass is 314 g/mol. The van der Waals surface area contributed by atoms with Gasteiger partial charge in [0.1, 0.15) is 5.75 Å². The molecule has 4 rings (SSSR count). The molecule has 0 spiro atoms. The molecule has 1 unspecified atom stereocenters. The first-order chi connectivity index (χ1) is 11.3. The van der Waals surface area contributed by atoms with Crippen molar-refractivity contribution in [3.8, 4) is 5.75 Å². The molecule has 1 amide bonds. The summed E-state index contributed by atoms with van der Waals surface area (Å²) >= 11 is 0. The minimum absolute atomic E-state index is 0.287. The van der Waals surface area contributed by atoms with Crippen LogP contribution in [0.25, 0.3) is 0 Å². The van der Waals surface area contributed by atoms with E-state index >= 15 is 0 Å². The van der Waals surface area contributed by atoms with Crippen LogP contribution in [0.3, 0.4) is 0 Å². The van der Waals surface area contributed by atoms with Crippen LogP contribution in [0.4, 0.5) is 0 Å². The summed E-state index contributed by atoms with van der Waals surface area (Å²) in [5.74, 6) is 1.67. The molecule has 1 aromatic carbocycles. The van der Waals surface area contributed by atoms with Gasteiger partial charge in [-0.25, -0.2) is 0 Å². The van der Waals surface area contributed by atoms with Gasteiger partial charge in [-0.3, -0.25) is 4.79 Å². The summed E-state index contributed by atoms with van der Waals surface area (Å²) in [5.41, 5.74) is 2.76. The molecule has 0 aromatic heterocycles. The Morgan fingerprint density at radius 2 is 2.22 bits per heavy atom. The van der Waals surface area contributed by atoms with E-state index < -0.39 is 0 Å². The summed E-state index contributed by atoms with van der Waals surface area (Å²) in [7, 11) is 0. The van der Waals surface area contributed by atoms with E-state index in [0.717, 1.165) is 64.1 Å². The molecule has 0 radical (unpaired) electrons. The Labute approximate surface area is 138 Å². The van der Waals surface area contributed by atoms with Gasteiger partial charge in [0.15, 0.2) is 0 Å². The van der Waals surface area contributed by atoms with Crippen LogP contribution in [0.5, 0.6) is 5.75 Å². The van der Waals surface area contributed by atoms with Crippen LogP contribution in [0, 0.1) is 5.92 Å². The van der Waals surface area contributed by atoms with Crippen molar-refractivity contribution in [3.05, 3.63) is 29.3 Å². The van der Waals surface area contributed by atoms with Crippen molar-refractivity contribution < 1.29 is 9.53 Å². The van der Waals surface area contributed by atoms with Crippen LogP contribution < -0.4 is 10.1 Å². The predicted octanol–water partition coefficient (Wildman–Crippen LogP) is 2.15. The molecule has 1 N–H and O–H groups in total. The highest BCUT2D eigenvalue weighted by Gasteiger charge is 2.31. The summed E-state index contributed by atoms with van der Waals surface area (Å²) in [5, 5.41) is 3.25. The van der Waals surface area contributed by atoms with Gasteiger partial charge in [0.2, 0.25) is 5.91 Å². The minimum Gasteiger partial charge on any atom is -0.493 e. The Bertz CT molecular complexity index is 583. The van der Waals surface area contributed by atoms with Gasteiger partial charge in [-0.15, -0.1) is 0 Å². The van der Waals surface area contributed by atoms with Gasteiger partial charge < -0.3 is 15.0 Å². The number of fused-ring (bicyclic) bond motifs is 1. The average molecular weight is 314 g/mol. The molecule has 1 saturated carbocycles. The lowest BCUT2D eigenvalue weighted by Gasteiger charge is -2.33. The zero-order valence-corrected chi connectivity index (χ0v) is 13.7. The fourth-order valence-electron chi connectivity index (χ4n) is 3.72. The standard InChI is InChI=1S/C19H26N2O2/c22-19(15-4-5-15)20-17-2-1-9-21(13-17)10-7-14-3-6-18-16(12-14)8-11-23-18/h3,6,12,15,17H,1-2,4-5,7-11,13H2,(H,20,22). The Balaban J connectivity index is 1.27. The smallest absolute Gasteiger partial charge is 0.223 e. The molecular formula is C19H26N2O2. The number of rotatable bonds is 5. The maximum Gasteiger partial charge on any atom is 0.223 e. The molecule has 4 heteroatoms. The van der Waals surface area contributed by atoms with E-state index in [-0.39, 0.29) is 5.91 Å². The number of hydrogen-bond acceptors (Lipinski definition) is 3. The number of benzene rings is 1. The molecule has 2 aliphatic heterocycles. The molecule has 1 aliphatic carbocycles. The van der Waals surface area contributed by atoms with Crippen molar-refractivity contribution in [2.45, 2.75) is 44.6 Å². The number of carbonyl (C=O) groups is 1. The molecule has 1 atom stereocenters. The highest BCUT2D eigenvalue weighted by molar-refractivity contribution is 5.81. The summed E-state index contributed by atoms with van der Waals surface area (Å²) in [6.45, 7) is 4.07. The van der Waals surface area contributed by atoms with Gasteiger partial charge in [-0.05, 0) is 55.8 Å². The van der Waals surface area contributed by atoms with E-state index in [2.05, 4.69) is 28.4 Å². The van der Waals surface area contributed by atoms with E-state index in [1.165, 1.54) is 17.5 Å². The van der Waals surface area contributed by atoms with Gasteiger partial charge in [0, 0.05) is 31.5 Å². The van der Waals surface area contributed by atoms with Crippen molar-refractivity contribution in [1.29, 1.82) is 0 Å². The van der Waals surface area contributed by atoms with Gasteiger partial charge >= 0.3 is 0 Å². The Hall–Kier alpha value is -1.55. The van der Waals surface area contributed by atoms with Crippen molar-refractivity contribution in [2.24, 2.45) is 5.92 Å². The quantitative estimate of drug-likeness (QED) is 0.905. The van der Waals surface area contributed by atoms with Crippen molar-refractivity contribution >= 4 is 5.91 Å². The molecular weight excluding hydrogens is 288 g/mol. The number of likely N-dealkylation sites (tertiary alicyclic amines) is 1. The van der Waals surface area contributed by atoms with E-state index in [1.54, 1.807) is 0 Å². The molecule has 2 fully saturated rings. The van der Waals surface area contributed by atoms with E-state index in [1.807, 2.05) is 0 Å². The van der Waals surface area contributed by atoms with E-state index in [4.69, 9.17) is 4.74 Å². The Kier molecular flexibility index (Phi) is 4.25. The largest absolute Gasteiger partial charge is 0.493 e. The topological polar surface area (TPSA) is 41.6 Å². The second-order valence-corrected chi connectivity index (χ2v) is 7.21. The summed E-state index contributed by atoms with van der Waals surface area (Å²) in [6.07, 6.45) is 6.62. The van der Waals surface area contributed by atoms with Crippen LogP contribution in [-0.4, -0.2) is 43.1 Å². The fraction of sp³-hybridized carbons (Fsp3) is 0.632. The third-order valence-electron chi connectivity index (χ3n) is 5.27. The van der Waals surface area contributed by atoms with Gasteiger partial charge in [0.05, 0.1) is 6.61 Å². The predicted molar refractivity (Wildman–Crippen MR) is 89.7 cm³/mol. The van der Waals surface area contributed by atoms with Gasteiger partial charge in [-0.2, -0.15) is 0 Å². The van der Waals surface area contributed by atoms with E-state index in [9.17, 15) is 4.79 Å². The van der Waals surface area contributed by atoms with E-state index in [0.29, 0.717) is 12.0 Å². The molecule has 2 heterocycles. The maximum absolute atomic E-state index is 11.9. The molecule has 3 aliphatic rings. The first-order valence-corrected chi connectivity index (χ1v) is 9.05. The van der Waals surface area contributed by atoms with Crippen molar-refractivity contribution in [2.75, 3.05) is 26.2 Å². The van der Waals surface area contributed by atoms with Crippen LogP contribution in [-0.2, 0) is 17.6 Å². The zero-order chi connectivity index (χ0) is 15.6. The molecule has 4 nitrogen and oxygen atoms in total. The number of piperidine rings is 1. The second kappa shape index (κ2) is 6.52. The Morgan fingerprint density at radius 3 is 3.09 bits per heavy atom. The summed E-state index contributed by atoms with van der Waals surface area (Å²) < 4.78 is 5.57. The van der Waals surface area contributed by atoms with Crippen LogP contribution in [0.2, 0.25) is 0 Å². The third kappa shape index (κ3) is 3.69. The average Bonchev–Trinajstić information content (AvgIpc) is 3.32. The first-order valence-electron chi connectivity index (χ1n) is 9.05. The van der Waals surface area contributed by atoms with Gasteiger partial charge in [-0.1, -0.05) is 12.1 Å². The molecule has 23 heavy (non-hydrogen) atoms. The highest BCUT2D eigenvalue weighted by Crippen LogP contribution is 2.29. The second-order valence-electron chi connectivity index (χ2n) is 7.21. The first kappa shape index (κ1) is 15.0. The lowest BCUT2D eigenvalue weighted by atomic mass is 10.0. The maximum atomic E-state index is 11.9. The summed E-state index contributed by atoms with van der Waals surface area (Å²) in [4.78, 5) is 14.4. The van der Waals surface area contributed by atoms with Crippen LogP contribution in [0.15, 0.2) is 18.2 Å². The van der Waals surface area contributed by atoms with Crippen LogP contribution >= 0.6 is 0 Å². The molecule has 1 saturated heterocycles. The molecule has 124 valence electrons. The number of carbonyl (C=O) groups excluding carboxylic acids is 1. The normalized spacial score (nSPS) is 24.1. The number of amides is 1. The minimum atomic E-state index is 0.287. The van der Waals surface area contributed by atoms with Crippen molar-refractivity contribution in [3.63, 3.8) is 0 Å². The molecule has 0 bridgehead atoms. The lowest BCUT2D eigenvalue weighted by molar-refractivity contribution is -0.123. The number of hydrogen-bond donors (Lipinski definition) is 1. The van der Waals surface area contributed by atoms with Crippen molar-refractivity contribution in [1.82, 2.24) is 10.2 Å². The number of ether oxygens (including phenoxy) is 1. The lowest BCUT2D eigenvalue weighted by Crippen LogP contribution is -2.48. The SMILES string of the molecule is O=C(NC1CCCN(CCc2ccc3c(c2)CCO3)C1)C1CC1.